The molecule has 2 heterocycles. The van der Waals surface area contributed by atoms with Crippen LogP contribution >= 0.6 is 0 Å². The van der Waals surface area contributed by atoms with E-state index in [-0.39, 0.29) is 17.7 Å². The van der Waals surface area contributed by atoms with Gasteiger partial charge < -0.3 is 19.4 Å². The number of rotatable bonds is 9. The molecule has 0 bridgehead atoms. The van der Waals surface area contributed by atoms with Crippen molar-refractivity contribution in [1.82, 2.24) is 9.80 Å². The van der Waals surface area contributed by atoms with E-state index < -0.39 is 11.1 Å². The van der Waals surface area contributed by atoms with Crippen molar-refractivity contribution in [3.8, 4) is 0 Å². The average Bonchev–Trinajstić information content (AvgIpc) is 3.24. The molecule has 5 rings (SSSR count). The van der Waals surface area contributed by atoms with Crippen LogP contribution in [0.2, 0.25) is 0 Å². The number of carbonyl (C=O) groups excluding carboxylic acids is 3. The Bertz CT molecular complexity index is 1390. The lowest BCUT2D eigenvalue weighted by molar-refractivity contribution is -0.134. The number of hydrogen-bond donors (Lipinski definition) is 0. The van der Waals surface area contributed by atoms with Gasteiger partial charge in [0.15, 0.2) is 5.78 Å². The molecular formula is C35H41N3O4. The average molecular weight is 568 g/mol. The highest BCUT2D eigenvalue weighted by molar-refractivity contribution is 5.96. The molecule has 3 aromatic carbocycles. The molecule has 2 saturated heterocycles. The van der Waals surface area contributed by atoms with Crippen LogP contribution in [0.5, 0.6) is 0 Å². The molecule has 7 nitrogen and oxygen atoms in total. The van der Waals surface area contributed by atoms with Crippen LogP contribution in [-0.2, 0) is 16.1 Å². The van der Waals surface area contributed by atoms with Crippen molar-refractivity contribution >= 4 is 23.3 Å². The van der Waals surface area contributed by atoms with E-state index in [2.05, 4.69) is 21.9 Å². The highest BCUT2D eigenvalue weighted by Gasteiger charge is 2.53. The van der Waals surface area contributed by atoms with Crippen LogP contribution < -0.4 is 4.90 Å². The second-order valence-corrected chi connectivity index (χ2v) is 12.3. The van der Waals surface area contributed by atoms with Crippen LogP contribution in [0.4, 0.5) is 5.69 Å². The lowest BCUT2D eigenvalue weighted by Crippen LogP contribution is -2.56. The SMILES string of the molecule is CC(C)(C)OC(=O)c1ccccc1CN1CN(c2ccccc2)C2(CCN(CCCC(=O)c3ccccc3)CC2)C1=O. The Balaban J connectivity index is 1.29. The fourth-order valence-corrected chi connectivity index (χ4v) is 6.10. The summed E-state index contributed by atoms with van der Waals surface area (Å²) in [6, 6.07) is 27.0. The van der Waals surface area contributed by atoms with Gasteiger partial charge in [0.05, 0.1) is 12.2 Å². The van der Waals surface area contributed by atoms with Gasteiger partial charge in [0.25, 0.3) is 0 Å². The van der Waals surface area contributed by atoms with Crippen LogP contribution in [0.3, 0.4) is 0 Å². The number of carbonyl (C=O) groups is 3. The third kappa shape index (κ3) is 6.57. The zero-order valence-electron chi connectivity index (χ0n) is 24.9. The Morgan fingerprint density at radius 1 is 0.857 bits per heavy atom. The molecular weight excluding hydrogens is 526 g/mol. The van der Waals surface area contributed by atoms with E-state index in [0.29, 0.717) is 38.0 Å². The van der Waals surface area contributed by atoms with Crippen molar-refractivity contribution in [2.45, 2.75) is 64.1 Å². The summed E-state index contributed by atoms with van der Waals surface area (Å²) in [4.78, 5) is 46.3. The molecule has 0 aromatic heterocycles. The predicted octanol–water partition coefficient (Wildman–Crippen LogP) is 5.95. The van der Waals surface area contributed by atoms with E-state index in [1.165, 1.54) is 0 Å². The quantitative estimate of drug-likeness (QED) is 0.235. The number of ether oxygens (including phenoxy) is 1. The first-order valence-electron chi connectivity index (χ1n) is 14.9. The molecule has 2 aliphatic rings. The smallest absolute Gasteiger partial charge is 0.338 e. The Kier molecular flexibility index (Phi) is 8.78. The lowest BCUT2D eigenvalue weighted by Gasteiger charge is -2.43. The molecule has 0 atom stereocenters. The standard InChI is InChI=1S/C35H41N3O4/c1-34(2,3)42-32(40)30-18-11-10-15-28(30)25-37-26-38(29-16-8-5-9-17-29)35(33(37)41)20-23-36(24-21-35)22-12-19-31(39)27-13-6-4-7-14-27/h4-11,13-18H,12,19-26H2,1-3H3. The summed E-state index contributed by atoms with van der Waals surface area (Å²) in [7, 11) is 0. The molecule has 220 valence electrons. The molecule has 0 aliphatic carbocycles. The summed E-state index contributed by atoms with van der Waals surface area (Å²) in [5, 5.41) is 0. The number of ketones is 1. The zero-order valence-corrected chi connectivity index (χ0v) is 24.9. The minimum absolute atomic E-state index is 0.101. The maximum absolute atomic E-state index is 14.3. The molecule has 1 spiro atoms. The topological polar surface area (TPSA) is 70.2 Å². The van der Waals surface area contributed by atoms with Crippen molar-refractivity contribution in [3.63, 3.8) is 0 Å². The van der Waals surface area contributed by atoms with Gasteiger partial charge in [-0.2, -0.15) is 0 Å². The zero-order chi connectivity index (χ0) is 29.7. The summed E-state index contributed by atoms with van der Waals surface area (Å²) in [6.07, 6.45) is 2.73. The van der Waals surface area contributed by atoms with Crippen molar-refractivity contribution in [2.75, 3.05) is 31.2 Å². The van der Waals surface area contributed by atoms with Gasteiger partial charge in [0.1, 0.15) is 11.1 Å². The van der Waals surface area contributed by atoms with Gasteiger partial charge in [-0.25, -0.2) is 4.79 Å². The predicted molar refractivity (Wildman–Crippen MR) is 164 cm³/mol. The van der Waals surface area contributed by atoms with E-state index in [1.54, 1.807) is 6.07 Å². The maximum Gasteiger partial charge on any atom is 0.338 e. The minimum Gasteiger partial charge on any atom is -0.456 e. The Morgan fingerprint density at radius 3 is 2.14 bits per heavy atom. The Labute approximate surface area is 249 Å². The minimum atomic E-state index is -0.640. The van der Waals surface area contributed by atoms with E-state index in [9.17, 15) is 14.4 Å². The number of piperidine rings is 1. The van der Waals surface area contributed by atoms with E-state index in [4.69, 9.17) is 4.74 Å². The summed E-state index contributed by atoms with van der Waals surface area (Å²) in [5.74, 6) is -0.102. The first-order chi connectivity index (χ1) is 20.2. The summed E-state index contributed by atoms with van der Waals surface area (Å²) >= 11 is 0. The molecule has 7 heteroatoms. The molecule has 0 saturated carbocycles. The van der Waals surface area contributed by atoms with E-state index in [0.717, 1.165) is 42.9 Å². The molecule has 0 radical (unpaired) electrons. The Hall–Kier alpha value is -3.97. The number of para-hydroxylation sites is 1. The van der Waals surface area contributed by atoms with Crippen molar-refractivity contribution in [1.29, 1.82) is 0 Å². The summed E-state index contributed by atoms with van der Waals surface area (Å²) < 4.78 is 5.66. The van der Waals surface area contributed by atoms with E-state index >= 15 is 0 Å². The number of benzene rings is 3. The van der Waals surface area contributed by atoms with Crippen LogP contribution in [-0.4, -0.2) is 64.9 Å². The molecule has 2 aliphatic heterocycles. The van der Waals surface area contributed by atoms with Crippen molar-refractivity contribution in [3.05, 3.63) is 102 Å². The van der Waals surface area contributed by atoms with Crippen LogP contribution in [0.15, 0.2) is 84.9 Å². The molecule has 42 heavy (non-hydrogen) atoms. The maximum atomic E-state index is 14.3. The summed E-state index contributed by atoms with van der Waals surface area (Å²) in [5.41, 5.74) is 1.82. The fourth-order valence-electron chi connectivity index (χ4n) is 6.10. The normalized spacial score (nSPS) is 17.1. The van der Waals surface area contributed by atoms with Crippen LogP contribution in [0, 0.1) is 0 Å². The fraction of sp³-hybridized carbons (Fsp3) is 0.400. The molecule has 2 fully saturated rings. The van der Waals surface area contributed by atoms with Crippen molar-refractivity contribution < 1.29 is 19.1 Å². The lowest BCUT2D eigenvalue weighted by atomic mass is 9.85. The van der Waals surface area contributed by atoms with Crippen molar-refractivity contribution in [2.24, 2.45) is 0 Å². The second kappa shape index (κ2) is 12.5. The monoisotopic (exact) mass is 567 g/mol. The number of hydrogen-bond acceptors (Lipinski definition) is 6. The number of anilines is 1. The number of nitrogens with zero attached hydrogens (tertiary/aromatic N) is 3. The Morgan fingerprint density at radius 2 is 1.48 bits per heavy atom. The van der Waals surface area contributed by atoms with Gasteiger partial charge in [-0.1, -0.05) is 66.7 Å². The van der Waals surface area contributed by atoms with Gasteiger partial charge in [-0.05, 0) is 70.3 Å². The van der Waals surface area contributed by atoms with E-state index in [1.807, 2.05) is 92.4 Å². The first-order valence-corrected chi connectivity index (χ1v) is 14.9. The number of amides is 1. The van der Waals surface area contributed by atoms with Gasteiger partial charge in [0.2, 0.25) is 5.91 Å². The third-order valence-corrected chi connectivity index (χ3v) is 8.24. The van der Waals surface area contributed by atoms with Crippen LogP contribution in [0.1, 0.15) is 72.7 Å². The van der Waals surface area contributed by atoms with Crippen LogP contribution in [0.25, 0.3) is 0 Å². The third-order valence-electron chi connectivity index (χ3n) is 8.24. The second-order valence-electron chi connectivity index (χ2n) is 12.3. The van der Waals surface area contributed by atoms with Gasteiger partial charge in [-0.15, -0.1) is 0 Å². The molecule has 0 unspecified atom stereocenters. The number of likely N-dealkylation sites (tertiary alicyclic amines) is 1. The van der Waals surface area contributed by atoms with Gasteiger partial charge in [-0.3, -0.25) is 9.59 Å². The first kappa shape index (κ1) is 29.5. The molecule has 3 aromatic rings. The van der Waals surface area contributed by atoms with Gasteiger partial charge in [0, 0.05) is 37.3 Å². The molecule has 0 N–H and O–H groups in total. The van der Waals surface area contributed by atoms with Gasteiger partial charge >= 0.3 is 5.97 Å². The largest absolute Gasteiger partial charge is 0.456 e. The molecule has 1 amide bonds. The number of Topliss-reactive ketones (excluding diaryl/α,β-unsaturated/α-hetero) is 1. The highest BCUT2D eigenvalue weighted by Crippen LogP contribution is 2.40. The number of esters is 1. The summed E-state index contributed by atoms with van der Waals surface area (Å²) in [6.45, 7) is 8.77. The highest BCUT2D eigenvalue weighted by atomic mass is 16.6.